The van der Waals surface area contributed by atoms with Gasteiger partial charge in [-0.1, -0.05) is 6.07 Å². The Balaban J connectivity index is 2.04. The van der Waals surface area contributed by atoms with Crippen molar-refractivity contribution >= 4 is 21.6 Å². The highest BCUT2D eigenvalue weighted by molar-refractivity contribution is 9.10. The predicted octanol–water partition coefficient (Wildman–Crippen LogP) is 2.62. The molecule has 0 atom stereocenters. The summed E-state index contributed by atoms with van der Waals surface area (Å²) < 4.78 is 1.19. The van der Waals surface area contributed by atoms with Crippen LogP contribution in [0.25, 0.3) is 0 Å². The SMILES string of the molecule is Cc1ccc(N2CCN(C(C)(C)CN)CC2)c(Br)c1. The van der Waals surface area contributed by atoms with Crippen molar-refractivity contribution in [2.75, 3.05) is 37.6 Å². The molecule has 1 saturated heterocycles. The maximum atomic E-state index is 5.86. The molecule has 1 aliphatic heterocycles. The van der Waals surface area contributed by atoms with Crippen LogP contribution in [0, 0.1) is 6.92 Å². The van der Waals surface area contributed by atoms with Gasteiger partial charge in [0.2, 0.25) is 0 Å². The van der Waals surface area contributed by atoms with Gasteiger partial charge in [0, 0.05) is 42.7 Å². The zero-order valence-corrected chi connectivity index (χ0v) is 13.7. The Bertz CT molecular complexity index is 437. The minimum absolute atomic E-state index is 0.108. The number of anilines is 1. The van der Waals surface area contributed by atoms with E-state index in [0.29, 0.717) is 6.54 Å². The fraction of sp³-hybridized carbons (Fsp3) is 0.600. The molecule has 1 aromatic rings. The lowest BCUT2D eigenvalue weighted by atomic mass is 10.0. The summed E-state index contributed by atoms with van der Waals surface area (Å²) in [6.07, 6.45) is 0. The molecule has 0 aliphatic carbocycles. The number of hydrogen-bond donors (Lipinski definition) is 1. The van der Waals surface area contributed by atoms with Crippen LogP contribution in [-0.4, -0.2) is 43.2 Å². The van der Waals surface area contributed by atoms with Crippen molar-refractivity contribution in [3.8, 4) is 0 Å². The molecule has 19 heavy (non-hydrogen) atoms. The normalized spacial score (nSPS) is 17.8. The molecule has 0 saturated carbocycles. The quantitative estimate of drug-likeness (QED) is 0.927. The standard InChI is InChI=1S/C15H24BrN3/c1-12-4-5-14(13(16)10-12)18-6-8-19(9-7-18)15(2,3)11-17/h4-5,10H,6-9,11,17H2,1-3H3. The van der Waals surface area contributed by atoms with E-state index in [2.05, 4.69) is 64.7 Å². The second-order valence-electron chi connectivity index (χ2n) is 5.95. The number of piperazine rings is 1. The third-order valence-electron chi connectivity index (χ3n) is 4.08. The van der Waals surface area contributed by atoms with Gasteiger partial charge in [0.1, 0.15) is 0 Å². The molecule has 2 rings (SSSR count). The van der Waals surface area contributed by atoms with E-state index >= 15 is 0 Å². The highest BCUT2D eigenvalue weighted by atomic mass is 79.9. The van der Waals surface area contributed by atoms with Crippen LogP contribution < -0.4 is 10.6 Å². The molecule has 1 fully saturated rings. The molecule has 0 spiro atoms. The lowest BCUT2D eigenvalue weighted by Crippen LogP contribution is -2.57. The van der Waals surface area contributed by atoms with Crippen molar-refractivity contribution in [3.05, 3.63) is 28.2 Å². The first kappa shape index (κ1) is 14.8. The highest BCUT2D eigenvalue weighted by Crippen LogP contribution is 2.29. The maximum absolute atomic E-state index is 5.86. The van der Waals surface area contributed by atoms with Gasteiger partial charge in [0.15, 0.2) is 0 Å². The second-order valence-corrected chi connectivity index (χ2v) is 6.80. The summed E-state index contributed by atoms with van der Waals surface area (Å²) in [5.74, 6) is 0. The summed E-state index contributed by atoms with van der Waals surface area (Å²) in [5.41, 5.74) is 8.56. The van der Waals surface area contributed by atoms with Crippen molar-refractivity contribution in [1.29, 1.82) is 0 Å². The fourth-order valence-corrected chi connectivity index (χ4v) is 3.29. The monoisotopic (exact) mass is 325 g/mol. The van der Waals surface area contributed by atoms with Gasteiger partial charge >= 0.3 is 0 Å². The lowest BCUT2D eigenvalue weighted by molar-refractivity contribution is 0.119. The van der Waals surface area contributed by atoms with E-state index < -0.39 is 0 Å². The average molecular weight is 326 g/mol. The Hall–Kier alpha value is -0.580. The van der Waals surface area contributed by atoms with Crippen molar-refractivity contribution < 1.29 is 0 Å². The number of aryl methyl sites for hydroxylation is 1. The molecule has 1 heterocycles. The van der Waals surface area contributed by atoms with E-state index in [9.17, 15) is 0 Å². The largest absolute Gasteiger partial charge is 0.368 e. The van der Waals surface area contributed by atoms with Gasteiger partial charge < -0.3 is 10.6 Å². The van der Waals surface area contributed by atoms with E-state index in [1.54, 1.807) is 0 Å². The molecule has 0 bridgehead atoms. The smallest absolute Gasteiger partial charge is 0.0511 e. The molecule has 0 radical (unpaired) electrons. The summed E-state index contributed by atoms with van der Waals surface area (Å²) in [6.45, 7) is 11.6. The number of halogens is 1. The van der Waals surface area contributed by atoms with E-state index in [1.165, 1.54) is 15.7 Å². The third-order valence-corrected chi connectivity index (χ3v) is 4.71. The molecule has 1 aromatic carbocycles. The third kappa shape index (κ3) is 3.30. The molecule has 1 aliphatic rings. The Labute approximate surface area is 124 Å². The summed E-state index contributed by atoms with van der Waals surface area (Å²) in [5, 5.41) is 0. The first-order chi connectivity index (χ1) is 8.94. The molecule has 0 unspecified atom stereocenters. The zero-order chi connectivity index (χ0) is 14.0. The van der Waals surface area contributed by atoms with Gasteiger partial charge in [-0.25, -0.2) is 0 Å². The van der Waals surface area contributed by atoms with Crippen LogP contribution in [0.2, 0.25) is 0 Å². The number of nitrogens with zero attached hydrogens (tertiary/aromatic N) is 2. The minimum Gasteiger partial charge on any atom is -0.368 e. The zero-order valence-electron chi connectivity index (χ0n) is 12.1. The minimum atomic E-state index is 0.108. The average Bonchev–Trinajstić information content (AvgIpc) is 2.39. The number of benzene rings is 1. The number of nitrogens with two attached hydrogens (primary N) is 1. The van der Waals surface area contributed by atoms with Gasteiger partial charge in [-0.05, 0) is 54.4 Å². The van der Waals surface area contributed by atoms with E-state index in [0.717, 1.165) is 26.2 Å². The summed E-state index contributed by atoms with van der Waals surface area (Å²) in [6, 6.07) is 6.57. The second kappa shape index (κ2) is 5.81. The Morgan fingerprint density at radius 1 is 1.21 bits per heavy atom. The van der Waals surface area contributed by atoms with Crippen molar-refractivity contribution in [2.45, 2.75) is 26.3 Å². The number of hydrogen-bond acceptors (Lipinski definition) is 3. The lowest BCUT2D eigenvalue weighted by Gasteiger charge is -2.44. The van der Waals surface area contributed by atoms with Crippen molar-refractivity contribution in [2.24, 2.45) is 5.73 Å². The summed E-state index contributed by atoms with van der Waals surface area (Å²) in [7, 11) is 0. The molecule has 0 amide bonds. The van der Waals surface area contributed by atoms with Crippen LogP contribution in [0.1, 0.15) is 19.4 Å². The van der Waals surface area contributed by atoms with Gasteiger partial charge in [-0.3, -0.25) is 4.90 Å². The first-order valence-corrected chi connectivity index (χ1v) is 7.69. The van der Waals surface area contributed by atoms with Crippen LogP contribution in [0.5, 0.6) is 0 Å². The molecule has 4 heteroatoms. The maximum Gasteiger partial charge on any atom is 0.0511 e. The molecular formula is C15H24BrN3. The van der Waals surface area contributed by atoms with Crippen LogP contribution in [0.15, 0.2) is 22.7 Å². The molecule has 3 nitrogen and oxygen atoms in total. The van der Waals surface area contributed by atoms with E-state index in [1.807, 2.05) is 0 Å². The van der Waals surface area contributed by atoms with Crippen LogP contribution >= 0.6 is 15.9 Å². The van der Waals surface area contributed by atoms with E-state index in [4.69, 9.17) is 5.73 Å². The fourth-order valence-electron chi connectivity index (χ4n) is 2.55. The first-order valence-electron chi connectivity index (χ1n) is 6.90. The molecular weight excluding hydrogens is 302 g/mol. The summed E-state index contributed by atoms with van der Waals surface area (Å²) >= 11 is 3.68. The Kier molecular flexibility index (Phi) is 4.54. The number of rotatable bonds is 3. The van der Waals surface area contributed by atoms with Crippen LogP contribution in [0.3, 0.4) is 0 Å². The van der Waals surface area contributed by atoms with Gasteiger partial charge in [0.25, 0.3) is 0 Å². The van der Waals surface area contributed by atoms with Gasteiger partial charge in [0.05, 0.1) is 5.69 Å². The Morgan fingerprint density at radius 3 is 2.37 bits per heavy atom. The van der Waals surface area contributed by atoms with Crippen LogP contribution in [-0.2, 0) is 0 Å². The van der Waals surface area contributed by atoms with Gasteiger partial charge in [-0.15, -0.1) is 0 Å². The summed E-state index contributed by atoms with van der Waals surface area (Å²) in [4.78, 5) is 4.94. The molecule has 2 N–H and O–H groups in total. The van der Waals surface area contributed by atoms with Crippen molar-refractivity contribution in [3.63, 3.8) is 0 Å². The molecule has 0 aromatic heterocycles. The van der Waals surface area contributed by atoms with Crippen molar-refractivity contribution in [1.82, 2.24) is 4.90 Å². The Morgan fingerprint density at radius 2 is 1.84 bits per heavy atom. The van der Waals surface area contributed by atoms with E-state index in [-0.39, 0.29) is 5.54 Å². The van der Waals surface area contributed by atoms with Crippen LogP contribution in [0.4, 0.5) is 5.69 Å². The topological polar surface area (TPSA) is 32.5 Å². The molecule has 106 valence electrons. The predicted molar refractivity (Wildman–Crippen MR) is 85.8 cm³/mol. The highest BCUT2D eigenvalue weighted by Gasteiger charge is 2.28. The van der Waals surface area contributed by atoms with Gasteiger partial charge in [-0.2, -0.15) is 0 Å².